The SMILES string of the molecule is C[Si](C)(C)[C]1([Si](C)(C)C)CC[C]([Si](C)(C)C)([Si](C)(C)C)[Sn]1([I])[CH]1C=CCC1. The van der Waals surface area contributed by atoms with Gasteiger partial charge in [-0.25, -0.2) is 0 Å². The Morgan fingerprint density at radius 1 is 0.704 bits per heavy atom. The van der Waals surface area contributed by atoms with Crippen molar-refractivity contribution in [2.24, 2.45) is 0 Å². The third-order valence-electron chi connectivity index (χ3n) is 8.76. The van der Waals surface area contributed by atoms with Crippen LogP contribution < -0.4 is 0 Å². The van der Waals surface area contributed by atoms with E-state index in [-0.39, 0.29) is 0 Å². The predicted octanol–water partition coefficient (Wildman–Crippen LogP) is 8.87. The van der Waals surface area contributed by atoms with Crippen molar-refractivity contribution in [3.8, 4) is 0 Å². The van der Waals surface area contributed by atoms with Crippen LogP contribution in [0.2, 0.25) is 87.9 Å². The average Bonchev–Trinajstić information content (AvgIpc) is 2.98. The molecule has 0 aromatic carbocycles. The van der Waals surface area contributed by atoms with Crippen LogP contribution in [-0.4, -0.2) is 46.7 Å². The summed E-state index contributed by atoms with van der Waals surface area (Å²) in [4.78, 5) is 0. The molecule has 0 amide bonds. The molecule has 1 atom stereocenters. The Balaban J connectivity index is 3.01. The molecule has 0 saturated carbocycles. The van der Waals surface area contributed by atoms with Crippen molar-refractivity contribution in [3.05, 3.63) is 12.2 Å². The third-order valence-corrected chi connectivity index (χ3v) is 109. The van der Waals surface area contributed by atoms with E-state index in [0.29, 0.717) is 0 Å². The van der Waals surface area contributed by atoms with Gasteiger partial charge in [0.05, 0.1) is 0 Å². The number of hydrogen-bond acceptors (Lipinski definition) is 0. The minimum absolute atomic E-state index is 0.829. The van der Waals surface area contributed by atoms with E-state index < -0.39 is 46.7 Å². The van der Waals surface area contributed by atoms with E-state index in [1.54, 1.807) is 12.8 Å². The van der Waals surface area contributed by atoms with E-state index in [2.05, 4.69) is 109 Å². The van der Waals surface area contributed by atoms with Crippen molar-refractivity contribution in [1.29, 1.82) is 0 Å². The topological polar surface area (TPSA) is 0 Å². The number of rotatable bonds is 5. The maximum absolute atomic E-state index is 3.40. The van der Waals surface area contributed by atoms with Crippen LogP contribution in [0.25, 0.3) is 0 Å². The predicted molar refractivity (Wildman–Crippen MR) is 150 cm³/mol. The molecule has 0 N–H and O–H groups in total. The molecule has 2 aliphatic rings. The quantitative estimate of drug-likeness (QED) is 0.158. The van der Waals surface area contributed by atoms with E-state index in [1.165, 1.54) is 12.8 Å². The summed E-state index contributed by atoms with van der Waals surface area (Å²) in [6.07, 6.45) is 11.5. The standard InChI is InChI=1S/C16H40Si4.C5H7.HI.Sn/c1-17(2,3)15(18(4,5)6)13-14-16(19(7,8)9)20(10,11)12;1-2-4-5-3-1;;/h13-14H2,1-12H3;1-3H,4-5H2;1H;/q;;;+1/p-1. The zero-order valence-corrected chi connectivity index (χ0v) is 29.5. The van der Waals surface area contributed by atoms with Crippen molar-refractivity contribution >= 4 is 65.3 Å². The first-order valence-corrected chi connectivity index (χ1v) is 38.0. The summed E-state index contributed by atoms with van der Waals surface area (Å²) in [6, 6.07) is 0. The van der Waals surface area contributed by atoms with E-state index in [0.717, 1.165) is 9.29 Å². The van der Waals surface area contributed by atoms with E-state index >= 15 is 0 Å². The fourth-order valence-corrected chi connectivity index (χ4v) is 169. The van der Waals surface area contributed by atoms with Gasteiger partial charge < -0.3 is 0 Å². The molecule has 1 aliphatic heterocycles. The van der Waals surface area contributed by atoms with Gasteiger partial charge in [0.15, 0.2) is 0 Å². The molecule has 2 rings (SSSR count). The van der Waals surface area contributed by atoms with Crippen LogP contribution in [0.3, 0.4) is 0 Å². The summed E-state index contributed by atoms with van der Waals surface area (Å²) in [5.74, 6) is 0. The van der Waals surface area contributed by atoms with Gasteiger partial charge >= 0.3 is 191 Å². The fourth-order valence-electron chi connectivity index (χ4n) is 8.63. The molecule has 158 valence electrons. The van der Waals surface area contributed by atoms with Crippen LogP contribution in [0, 0.1) is 0 Å². The summed E-state index contributed by atoms with van der Waals surface area (Å²) in [7, 11) is -5.20. The molecule has 1 saturated heterocycles. The first-order valence-electron chi connectivity index (χ1n) is 11.2. The van der Waals surface area contributed by atoms with Crippen molar-refractivity contribution in [3.63, 3.8) is 0 Å². The van der Waals surface area contributed by atoms with Crippen molar-refractivity contribution < 1.29 is 0 Å². The third kappa shape index (κ3) is 3.32. The zero-order valence-electron chi connectivity index (χ0n) is 20.4. The zero-order chi connectivity index (χ0) is 21.3. The van der Waals surface area contributed by atoms with E-state index in [4.69, 9.17) is 0 Å². The second-order valence-corrected chi connectivity index (χ2v) is 64.2. The van der Waals surface area contributed by atoms with Crippen LogP contribution in [0.4, 0.5) is 0 Å². The Bertz CT molecular complexity index is 534. The van der Waals surface area contributed by atoms with Gasteiger partial charge in [-0.1, -0.05) is 0 Å². The number of allylic oxidation sites excluding steroid dienone is 2. The van der Waals surface area contributed by atoms with Crippen LogP contribution in [0.15, 0.2) is 12.2 Å². The van der Waals surface area contributed by atoms with Gasteiger partial charge in [-0.15, -0.1) is 0 Å². The Hall–Kier alpha value is 2.14. The molecule has 1 fully saturated rings. The Morgan fingerprint density at radius 2 is 1.04 bits per heavy atom. The Kier molecular flexibility index (Phi) is 6.90. The van der Waals surface area contributed by atoms with Crippen LogP contribution in [0.1, 0.15) is 25.7 Å². The van der Waals surface area contributed by atoms with E-state index in [9.17, 15) is 0 Å². The molecule has 0 bridgehead atoms. The van der Waals surface area contributed by atoms with Crippen molar-refractivity contribution in [2.75, 3.05) is 0 Å². The van der Waals surface area contributed by atoms with Gasteiger partial charge in [0.25, 0.3) is 0 Å². The molecule has 0 radical (unpaired) electrons. The molecule has 1 unspecified atom stereocenters. The summed E-state index contributed by atoms with van der Waals surface area (Å²) in [6.45, 7) is 33.5. The second kappa shape index (κ2) is 7.34. The molecule has 6 heteroatoms. The first-order chi connectivity index (χ1) is 11.8. The maximum atomic E-state index is 3.40. The van der Waals surface area contributed by atoms with Crippen molar-refractivity contribution in [1.82, 2.24) is 0 Å². The fraction of sp³-hybridized carbons (Fsp3) is 0.905. The van der Waals surface area contributed by atoms with Gasteiger partial charge in [0.1, 0.15) is 0 Å². The Morgan fingerprint density at radius 3 is 1.26 bits per heavy atom. The summed E-state index contributed by atoms with van der Waals surface area (Å²) < 4.78 is 2.67. The molecule has 0 spiro atoms. The average molecular weight is 658 g/mol. The molecule has 1 aliphatic carbocycles. The Labute approximate surface area is 189 Å². The normalized spacial score (nSPS) is 28.0. The van der Waals surface area contributed by atoms with Gasteiger partial charge in [-0.2, -0.15) is 0 Å². The summed E-state index contributed by atoms with van der Waals surface area (Å²) in [5, 5.41) is 0. The van der Waals surface area contributed by atoms with Crippen molar-refractivity contribution in [2.45, 2.75) is 114 Å². The van der Waals surface area contributed by atoms with Gasteiger partial charge in [0, 0.05) is 0 Å². The molecule has 27 heavy (non-hydrogen) atoms. The summed E-state index contributed by atoms with van der Waals surface area (Å²) in [5.41, 5.74) is 0. The van der Waals surface area contributed by atoms with Crippen LogP contribution in [-0.2, 0) is 0 Å². The van der Waals surface area contributed by atoms with Gasteiger partial charge in [0.2, 0.25) is 0 Å². The van der Waals surface area contributed by atoms with Crippen LogP contribution in [0.5, 0.6) is 0 Å². The molecule has 1 heterocycles. The monoisotopic (exact) mass is 658 g/mol. The minimum atomic E-state index is -2.69. The van der Waals surface area contributed by atoms with E-state index in [1.807, 2.05) is 0 Å². The van der Waals surface area contributed by atoms with Gasteiger partial charge in [-0.3, -0.25) is 0 Å². The molecule has 0 aromatic heterocycles. The molecule has 0 aromatic rings. The molecule has 0 nitrogen and oxygen atoms in total. The first kappa shape index (κ1) is 25.4. The van der Waals surface area contributed by atoms with Gasteiger partial charge in [-0.05, 0) is 0 Å². The summed E-state index contributed by atoms with van der Waals surface area (Å²) >= 11 is 0.701. The molecular formula is C21H47ISi4Sn. The van der Waals surface area contributed by atoms with Crippen LogP contribution >= 0.6 is 18.6 Å². The number of hydrogen-bond donors (Lipinski definition) is 0. The second-order valence-electron chi connectivity index (χ2n) is 13.6. The molecular weight excluding hydrogens is 610 g/mol. The number of halogens is 1.